The predicted octanol–water partition coefficient (Wildman–Crippen LogP) is 3.38. The maximum atomic E-state index is 10.6. The van der Waals surface area contributed by atoms with Crippen molar-refractivity contribution in [2.24, 2.45) is 0 Å². The van der Waals surface area contributed by atoms with Crippen molar-refractivity contribution < 1.29 is 4.92 Å². The zero-order valence-corrected chi connectivity index (χ0v) is 10.9. The van der Waals surface area contributed by atoms with Gasteiger partial charge >= 0.3 is 0 Å². The molecule has 0 fully saturated rings. The topological polar surface area (TPSA) is 79.8 Å². The summed E-state index contributed by atoms with van der Waals surface area (Å²) in [7, 11) is 0. The Kier molecular flexibility index (Phi) is 3.60. The first-order chi connectivity index (χ1) is 8.60. The second kappa shape index (κ2) is 5.16. The van der Waals surface area contributed by atoms with E-state index >= 15 is 0 Å². The number of nitro benzene ring substituents is 1. The van der Waals surface area contributed by atoms with Crippen LogP contribution in [0.2, 0.25) is 0 Å². The van der Waals surface area contributed by atoms with E-state index in [1.165, 1.54) is 35.2 Å². The summed E-state index contributed by atoms with van der Waals surface area (Å²) < 4.78 is 0.817. The molecule has 0 unspecified atom stereocenters. The third-order valence-electron chi connectivity index (χ3n) is 2.09. The van der Waals surface area contributed by atoms with Gasteiger partial charge in [-0.2, -0.15) is 5.26 Å². The minimum absolute atomic E-state index is 0.0776. The fraction of sp³-hybridized carbons (Fsp3) is 0.0909. The molecule has 0 bridgehead atoms. The van der Waals surface area contributed by atoms with Crippen LogP contribution in [-0.2, 0) is 0 Å². The maximum Gasteiger partial charge on any atom is 0.270 e. The van der Waals surface area contributed by atoms with E-state index in [1.54, 1.807) is 6.07 Å². The number of rotatable bonds is 3. The van der Waals surface area contributed by atoms with Crippen molar-refractivity contribution in [2.75, 3.05) is 0 Å². The summed E-state index contributed by atoms with van der Waals surface area (Å²) in [5.41, 5.74) is 1.14. The average molecular weight is 277 g/mol. The monoisotopic (exact) mass is 277 g/mol. The standard InChI is InChI=1S/C11H7N3O2S2/c1-7-6-17-11(13-7)18-10-3-2-9(14(15)16)4-8(10)5-12/h2-4,6H,1H3. The third kappa shape index (κ3) is 2.67. The van der Waals surface area contributed by atoms with Crippen LogP contribution in [0, 0.1) is 28.4 Å². The molecule has 0 spiro atoms. The highest BCUT2D eigenvalue weighted by Crippen LogP contribution is 2.33. The van der Waals surface area contributed by atoms with Crippen molar-refractivity contribution in [1.29, 1.82) is 5.26 Å². The van der Waals surface area contributed by atoms with Crippen LogP contribution in [-0.4, -0.2) is 9.91 Å². The molecule has 1 heterocycles. The van der Waals surface area contributed by atoms with Crippen LogP contribution in [0.15, 0.2) is 32.8 Å². The molecule has 18 heavy (non-hydrogen) atoms. The number of hydrogen-bond acceptors (Lipinski definition) is 6. The Morgan fingerprint density at radius 3 is 2.89 bits per heavy atom. The van der Waals surface area contributed by atoms with Gasteiger partial charge in [0.1, 0.15) is 6.07 Å². The van der Waals surface area contributed by atoms with Gasteiger partial charge in [0.05, 0.1) is 10.5 Å². The number of nitro groups is 1. The lowest BCUT2D eigenvalue weighted by atomic mass is 10.2. The van der Waals surface area contributed by atoms with Crippen LogP contribution in [0.1, 0.15) is 11.3 Å². The Labute approximate surface area is 111 Å². The lowest BCUT2D eigenvalue weighted by Gasteiger charge is -2.00. The van der Waals surface area contributed by atoms with E-state index in [1.807, 2.05) is 18.4 Å². The number of nitriles is 1. The number of non-ortho nitro benzene ring substituents is 1. The zero-order chi connectivity index (χ0) is 13.1. The van der Waals surface area contributed by atoms with Crippen LogP contribution in [0.3, 0.4) is 0 Å². The quantitative estimate of drug-likeness (QED) is 0.634. The van der Waals surface area contributed by atoms with Crippen LogP contribution < -0.4 is 0 Å². The van der Waals surface area contributed by atoms with Crippen LogP contribution in [0.4, 0.5) is 5.69 Å². The Morgan fingerprint density at radius 2 is 2.33 bits per heavy atom. The van der Waals surface area contributed by atoms with Gasteiger partial charge in [-0.1, -0.05) is 11.8 Å². The number of aryl methyl sites for hydroxylation is 1. The Bertz CT molecular complexity index is 646. The van der Waals surface area contributed by atoms with E-state index in [0.717, 1.165) is 10.0 Å². The molecule has 1 aromatic heterocycles. The average Bonchev–Trinajstić information content (AvgIpc) is 2.75. The van der Waals surface area contributed by atoms with E-state index < -0.39 is 4.92 Å². The first kappa shape index (κ1) is 12.5. The molecule has 90 valence electrons. The molecule has 2 aromatic rings. The molecular formula is C11H7N3O2S2. The molecule has 5 nitrogen and oxygen atoms in total. The molecule has 0 radical (unpaired) electrons. The van der Waals surface area contributed by atoms with Crippen molar-refractivity contribution in [3.63, 3.8) is 0 Å². The highest BCUT2D eigenvalue weighted by Gasteiger charge is 2.12. The Hall–Kier alpha value is -1.91. The summed E-state index contributed by atoms with van der Waals surface area (Å²) in [6.45, 7) is 1.89. The number of hydrogen-bond donors (Lipinski definition) is 0. The molecule has 1 aromatic carbocycles. The molecular weight excluding hydrogens is 270 g/mol. The highest BCUT2D eigenvalue weighted by molar-refractivity contribution is 8.01. The smallest absolute Gasteiger partial charge is 0.258 e. The Balaban J connectivity index is 2.34. The molecule has 0 aliphatic carbocycles. The predicted molar refractivity (Wildman–Crippen MR) is 68.8 cm³/mol. The minimum Gasteiger partial charge on any atom is -0.258 e. The van der Waals surface area contributed by atoms with Gasteiger partial charge < -0.3 is 0 Å². The van der Waals surface area contributed by atoms with E-state index in [2.05, 4.69) is 4.98 Å². The first-order valence-corrected chi connectivity index (χ1v) is 6.58. The third-order valence-corrected chi connectivity index (χ3v) is 4.22. The van der Waals surface area contributed by atoms with Gasteiger partial charge in [-0.3, -0.25) is 10.1 Å². The Morgan fingerprint density at radius 1 is 1.56 bits per heavy atom. The van der Waals surface area contributed by atoms with Crippen molar-refractivity contribution in [3.05, 3.63) is 45.0 Å². The molecule has 0 amide bonds. The van der Waals surface area contributed by atoms with Gasteiger partial charge in [0, 0.05) is 28.1 Å². The molecule has 2 rings (SSSR count). The molecule has 0 atom stereocenters. The van der Waals surface area contributed by atoms with Crippen LogP contribution in [0.5, 0.6) is 0 Å². The number of benzene rings is 1. The van der Waals surface area contributed by atoms with Gasteiger partial charge in [-0.05, 0) is 13.0 Å². The SMILES string of the molecule is Cc1csc(Sc2ccc([N+](=O)[O-])cc2C#N)n1. The van der Waals surface area contributed by atoms with E-state index in [4.69, 9.17) is 5.26 Å². The summed E-state index contributed by atoms with van der Waals surface area (Å²) in [5.74, 6) is 0. The summed E-state index contributed by atoms with van der Waals surface area (Å²) in [6, 6.07) is 6.22. The lowest BCUT2D eigenvalue weighted by molar-refractivity contribution is -0.384. The fourth-order valence-electron chi connectivity index (χ4n) is 1.28. The van der Waals surface area contributed by atoms with Crippen LogP contribution >= 0.6 is 23.1 Å². The van der Waals surface area contributed by atoms with E-state index in [0.29, 0.717) is 10.5 Å². The zero-order valence-electron chi connectivity index (χ0n) is 9.28. The summed E-state index contributed by atoms with van der Waals surface area (Å²) in [6.07, 6.45) is 0. The van der Waals surface area contributed by atoms with Gasteiger partial charge in [0.25, 0.3) is 5.69 Å². The normalized spacial score (nSPS) is 10.0. The van der Waals surface area contributed by atoms with Gasteiger partial charge in [0.15, 0.2) is 4.34 Å². The fourth-order valence-corrected chi connectivity index (χ4v) is 3.14. The largest absolute Gasteiger partial charge is 0.270 e. The van der Waals surface area contributed by atoms with Crippen molar-refractivity contribution in [2.45, 2.75) is 16.2 Å². The van der Waals surface area contributed by atoms with Crippen molar-refractivity contribution >= 4 is 28.8 Å². The highest BCUT2D eigenvalue weighted by atomic mass is 32.2. The van der Waals surface area contributed by atoms with E-state index in [-0.39, 0.29) is 5.69 Å². The van der Waals surface area contributed by atoms with E-state index in [9.17, 15) is 10.1 Å². The lowest BCUT2D eigenvalue weighted by Crippen LogP contribution is -1.90. The molecule has 0 saturated heterocycles. The summed E-state index contributed by atoms with van der Waals surface area (Å²) in [5, 5.41) is 21.5. The van der Waals surface area contributed by atoms with Crippen LogP contribution in [0.25, 0.3) is 0 Å². The van der Waals surface area contributed by atoms with Crippen molar-refractivity contribution in [1.82, 2.24) is 4.98 Å². The van der Waals surface area contributed by atoms with Gasteiger partial charge in [0.2, 0.25) is 0 Å². The second-order valence-electron chi connectivity index (χ2n) is 3.41. The number of thiazole rings is 1. The summed E-state index contributed by atoms with van der Waals surface area (Å²) >= 11 is 2.82. The molecule has 0 saturated carbocycles. The molecule has 0 aliphatic rings. The van der Waals surface area contributed by atoms with Gasteiger partial charge in [-0.25, -0.2) is 4.98 Å². The second-order valence-corrected chi connectivity index (χ2v) is 5.55. The number of aromatic nitrogens is 1. The molecule has 0 aliphatic heterocycles. The van der Waals surface area contributed by atoms with Crippen molar-refractivity contribution in [3.8, 4) is 6.07 Å². The molecule has 7 heteroatoms. The minimum atomic E-state index is -0.511. The van der Waals surface area contributed by atoms with Gasteiger partial charge in [-0.15, -0.1) is 11.3 Å². The molecule has 0 N–H and O–H groups in total. The first-order valence-electron chi connectivity index (χ1n) is 4.88. The number of nitrogens with zero attached hydrogens (tertiary/aromatic N) is 3. The summed E-state index contributed by atoms with van der Waals surface area (Å²) in [4.78, 5) is 15.1. The maximum absolute atomic E-state index is 10.6.